The molecule has 0 bridgehead atoms. The van der Waals surface area contributed by atoms with Crippen molar-refractivity contribution < 1.29 is 19.2 Å². The topological polar surface area (TPSA) is 66.8 Å². The molecule has 0 aliphatic carbocycles. The third-order valence-corrected chi connectivity index (χ3v) is 5.90. The van der Waals surface area contributed by atoms with Crippen LogP contribution in [0.25, 0.3) is 0 Å². The number of ketones is 1. The molecule has 0 radical (unpaired) electrons. The summed E-state index contributed by atoms with van der Waals surface area (Å²) in [4.78, 5) is 31.6. The van der Waals surface area contributed by atoms with E-state index in [2.05, 4.69) is 41.9 Å². The van der Waals surface area contributed by atoms with E-state index < -0.39 is 5.97 Å². The molecule has 0 saturated carbocycles. The van der Waals surface area contributed by atoms with Crippen molar-refractivity contribution >= 4 is 17.4 Å². The van der Waals surface area contributed by atoms with Crippen LogP contribution in [0, 0.1) is 27.7 Å². The molecule has 1 aliphatic rings. The van der Waals surface area contributed by atoms with Crippen molar-refractivity contribution in [2.24, 2.45) is 0 Å². The van der Waals surface area contributed by atoms with Gasteiger partial charge >= 0.3 is 5.97 Å². The number of aryl methyl sites for hydroxylation is 2. The number of carbonyl (C=O) groups excluding carboxylic acids is 2. The van der Waals surface area contributed by atoms with Crippen molar-refractivity contribution in [2.75, 3.05) is 44.7 Å². The molecule has 0 atom stereocenters. The molecule has 3 rings (SSSR count). The van der Waals surface area contributed by atoms with Crippen LogP contribution in [0.4, 0.5) is 5.69 Å². The number of quaternary nitrogens is 1. The first kappa shape index (κ1) is 20.1. The Hall–Kier alpha value is -2.60. The van der Waals surface area contributed by atoms with E-state index in [9.17, 15) is 9.59 Å². The number of Topliss-reactive ketones (excluding diaryl/α,β-unsaturated/α-hetero) is 1. The fourth-order valence-corrected chi connectivity index (χ4v) is 4.07. The molecule has 1 saturated heterocycles. The first-order valence-electron chi connectivity index (χ1n) is 9.78. The molecule has 1 aliphatic heterocycles. The Kier molecular flexibility index (Phi) is 5.89. The number of carbonyl (C=O) groups is 2. The molecular weight excluding hydrogens is 354 g/mol. The average molecular weight is 385 g/mol. The van der Waals surface area contributed by atoms with Crippen LogP contribution in [0.2, 0.25) is 0 Å². The van der Waals surface area contributed by atoms with Gasteiger partial charge in [-0.1, -0.05) is 12.1 Å². The van der Waals surface area contributed by atoms with Crippen molar-refractivity contribution in [3.8, 4) is 0 Å². The number of benzene rings is 1. The lowest BCUT2D eigenvalue weighted by Gasteiger charge is -2.34. The number of H-pyrrole nitrogens is 1. The van der Waals surface area contributed by atoms with E-state index in [0.29, 0.717) is 29.1 Å². The SMILES string of the molecule is COC(=O)c1c(C)[nH]c(C(=O)C[NH+]2CCN(c3cccc(C)c3C)CC2)c1C. The average Bonchev–Trinajstić information content (AvgIpc) is 2.98. The predicted octanol–water partition coefficient (Wildman–Crippen LogP) is 1.62. The maximum Gasteiger partial charge on any atom is 0.339 e. The number of anilines is 1. The summed E-state index contributed by atoms with van der Waals surface area (Å²) in [5.41, 5.74) is 6.30. The third-order valence-electron chi connectivity index (χ3n) is 5.90. The van der Waals surface area contributed by atoms with Gasteiger partial charge in [0, 0.05) is 11.4 Å². The number of aromatic nitrogens is 1. The van der Waals surface area contributed by atoms with Crippen LogP contribution in [0.5, 0.6) is 0 Å². The summed E-state index contributed by atoms with van der Waals surface area (Å²) in [6, 6.07) is 6.43. The Morgan fingerprint density at radius 3 is 2.43 bits per heavy atom. The Labute approximate surface area is 166 Å². The van der Waals surface area contributed by atoms with E-state index in [1.165, 1.54) is 28.8 Å². The number of rotatable bonds is 5. The van der Waals surface area contributed by atoms with Crippen LogP contribution < -0.4 is 9.80 Å². The van der Waals surface area contributed by atoms with Crippen molar-refractivity contribution in [1.82, 2.24) is 4.98 Å². The zero-order valence-electron chi connectivity index (χ0n) is 17.4. The monoisotopic (exact) mass is 384 g/mol. The largest absolute Gasteiger partial charge is 0.465 e. The molecular formula is C22H30N3O3+. The standard InChI is InChI=1S/C22H29N3O3/c1-14-7-6-8-18(15(14)2)25-11-9-24(10-12-25)13-19(26)21-16(3)20(17(4)23-21)22(27)28-5/h6-8,23H,9-13H2,1-5H3/p+1. The number of ether oxygens (including phenoxy) is 1. The lowest BCUT2D eigenvalue weighted by Crippen LogP contribution is -3.15. The second-order valence-corrected chi connectivity index (χ2v) is 7.67. The highest BCUT2D eigenvalue weighted by Crippen LogP contribution is 2.22. The molecule has 150 valence electrons. The van der Waals surface area contributed by atoms with Crippen molar-refractivity contribution in [3.63, 3.8) is 0 Å². The molecule has 2 N–H and O–H groups in total. The highest BCUT2D eigenvalue weighted by atomic mass is 16.5. The van der Waals surface area contributed by atoms with Crippen LogP contribution >= 0.6 is 0 Å². The maximum atomic E-state index is 12.8. The highest BCUT2D eigenvalue weighted by molar-refractivity contribution is 6.01. The van der Waals surface area contributed by atoms with Gasteiger partial charge in [-0.15, -0.1) is 0 Å². The molecule has 28 heavy (non-hydrogen) atoms. The fourth-order valence-electron chi connectivity index (χ4n) is 4.07. The minimum absolute atomic E-state index is 0.0472. The molecule has 1 fully saturated rings. The van der Waals surface area contributed by atoms with Gasteiger partial charge in [0.15, 0.2) is 0 Å². The Balaban J connectivity index is 1.64. The number of piperazine rings is 1. The van der Waals surface area contributed by atoms with Crippen molar-refractivity contribution in [2.45, 2.75) is 27.7 Å². The number of hydrogen-bond donors (Lipinski definition) is 2. The first-order valence-corrected chi connectivity index (χ1v) is 9.78. The molecule has 2 heterocycles. The minimum atomic E-state index is -0.403. The second-order valence-electron chi connectivity index (χ2n) is 7.67. The Bertz CT molecular complexity index is 893. The lowest BCUT2D eigenvalue weighted by atomic mass is 10.1. The summed E-state index contributed by atoms with van der Waals surface area (Å²) in [6.07, 6.45) is 0. The number of esters is 1. The third kappa shape index (κ3) is 3.83. The quantitative estimate of drug-likeness (QED) is 0.607. The summed E-state index contributed by atoms with van der Waals surface area (Å²) in [7, 11) is 1.36. The van der Waals surface area contributed by atoms with Gasteiger partial charge in [0.05, 0.1) is 44.5 Å². The van der Waals surface area contributed by atoms with Gasteiger partial charge < -0.3 is 19.5 Å². The van der Waals surface area contributed by atoms with Crippen LogP contribution in [0.1, 0.15) is 43.2 Å². The van der Waals surface area contributed by atoms with Crippen LogP contribution in [-0.4, -0.2) is 56.6 Å². The number of nitrogens with zero attached hydrogens (tertiary/aromatic N) is 1. The zero-order chi connectivity index (χ0) is 20.4. The molecule has 6 heteroatoms. The van der Waals surface area contributed by atoms with Gasteiger partial charge in [0.2, 0.25) is 5.78 Å². The second kappa shape index (κ2) is 8.19. The summed E-state index contributed by atoms with van der Waals surface area (Å²) in [5.74, 6) is -0.356. The van der Waals surface area contributed by atoms with E-state index in [0.717, 1.165) is 26.2 Å². The summed E-state index contributed by atoms with van der Waals surface area (Å²) in [5, 5.41) is 0. The molecule has 1 aromatic carbocycles. The minimum Gasteiger partial charge on any atom is -0.465 e. The van der Waals surface area contributed by atoms with Crippen LogP contribution in [-0.2, 0) is 4.74 Å². The Morgan fingerprint density at radius 1 is 1.11 bits per heavy atom. The van der Waals surface area contributed by atoms with E-state index in [-0.39, 0.29) is 5.78 Å². The molecule has 6 nitrogen and oxygen atoms in total. The molecule has 2 aromatic rings. The van der Waals surface area contributed by atoms with E-state index >= 15 is 0 Å². The Morgan fingerprint density at radius 2 is 1.79 bits per heavy atom. The fraction of sp³-hybridized carbons (Fsp3) is 0.455. The summed E-state index contributed by atoms with van der Waals surface area (Å²) < 4.78 is 4.83. The molecule has 0 amide bonds. The van der Waals surface area contributed by atoms with Gasteiger partial charge in [-0.05, 0) is 50.5 Å². The van der Waals surface area contributed by atoms with Crippen molar-refractivity contribution in [1.29, 1.82) is 0 Å². The van der Waals surface area contributed by atoms with Gasteiger partial charge in [0.25, 0.3) is 0 Å². The van der Waals surface area contributed by atoms with Gasteiger partial charge in [0.1, 0.15) is 6.54 Å². The van der Waals surface area contributed by atoms with Crippen LogP contribution in [0.3, 0.4) is 0 Å². The molecule has 0 unspecified atom stereocenters. The summed E-state index contributed by atoms with van der Waals surface area (Å²) in [6.45, 7) is 12.0. The van der Waals surface area contributed by atoms with Gasteiger partial charge in [-0.3, -0.25) is 4.79 Å². The zero-order valence-corrected chi connectivity index (χ0v) is 17.4. The van der Waals surface area contributed by atoms with Crippen LogP contribution in [0.15, 0.2) is 18.2 Å². The number of aromatic amines is 1. The van der Waals surface area contributed by atoms with Gasteiger partial charge in [-0.2, -0.15) is 0 Å². The first-order chi connectivity index (χ1) is 13.3. The maximum absolute atomic E-state index is 12.8. The van der Waals surface area contributed by atoms with E-state index in [1.807, 2.05) is 0 Å². The molecule has 0 spiro atoms. The highest BCUT2D eigenvalue weighted by Gasteiger charge is 2.27. The summed E-state index contributed by atoms with van der Waals surface area (Å²) >= 11 is 0. The predicted molar refractivity (Wildman–Crippen MR) is 110 cm³/mol. The smallest absolute Gasteiger partial charge is 0.339 e. The van der Waals surface area contributed by atoms with Gasteiger partial charge in [-0.25, -0.2) is 4.79 Å². The normalized spacial score (nSPS) is 15.0. The van der Waals surface area contributed by atoms with Crippen molar-refractivity contribution in [3.05, 3.63) is 51.8 Å². The molecule has 1 aromatic heterocycles. The number of nitrogens with one attached hydrogen (secondary N) is 2. The van der Waals surface area contributed by atoms with E-state index in [4.69, 9.17) is 4.74 Å². The number of methoxy groups -OCH3 is 1. The van der Waals surface area contributed by atoms with E-state index in [1.54, 1.807) is 13.8 Å². The number of hydrogen-bond acceptors (Lipinski definition) is 4. The lowest BCUT2D eigenvalue weighted by molar-refractivity contribution is -0.892.